The molecule has 0 amide bonds. The summed E-state index contributed by atoms with van der Waals surface area (Å²) in [5, 5.41) is 0. The zero-order chi connectivity index (χ0) is 7.61. The lowest BCUT2D eigenvalue weighted by Crippen LogP contribution is -2.38. The van der Waals surface area contributed by atoms with Crippen LogP contribution < -0.4 is 0 Å². The number of aldehydes is 1. The Morgan fingerprint density at radius 1 is 1.50 bits per heavy atom. The number of carbonyl (C=O) groups excluding carboxylic acids is 2. The summed E-state index contributed by atoms with van der Waals surface area (Å²) in [4.78, 5) is 20.8. The van der Waals surface area contributed by atoms with Crippen LogP contribution in [-0.2, 0) is 9.59 Å². The maximum Gasteiger partial charge on any atom is 0.223 e. The van der Waals surface area contributed by atoms with Gasteiger partial charge in [-0.05, 0) is 19.3 Å². The first kappa shape index (κ1) is 7.38. The molecule has 1 rings (SSSR count). The van der Waals surface area contributed by atoms with Crippen LogP contribution in [0.1, 0.15) is 25.7 Å². The molecule has 10 heavy (non-hydrogen) atoms. The van der Waals surface area contributed by atoms with Gasteiger partial charge in [-0.15, -0.1) is 0 Å². The molecule has 0 bridgehead atoms. The third-order valence-electron chi connectivity index (χ3n) is 1.84. The average Bonchev–Trinajstić information content (AvgIpc) is 1.96. The summed E-state index contributed by atoms with van der Waals surface area (Å²) in [7, 11) is 0. The second kappa shape index (κ2) is 2.48. The number of ketones is 1. The molecule has 0 saturated heterocycles. The van der Waals surface area contributed by atoms with Gasteiger partial charge < -0.3 is 0 Å². The Morgan fingerprint density at radius 3 is 2.60 bits per heavy atom. The second-order valence-corrected chi connectivity index (χ2v) is 2.61. The second-order valence-electron chi connectivity index (χ2n) is 2.61. The van der Waals surface area contributed by atoms with Crippen LogP contribution in [0.4, 0.5) is 4.39 Å². The van der Waals surface area contributed by atoms with Gasteiger partial charge in [-0.1, -0.05) is 0 Å². The molecule has 1 unspecified atom stereocenters. The Hall–Kier alpha value is -0.730. The van der Waals surface area contributed by atoms with Gasteiger partial charge in [0.25, 0.3) is 0 Å². The zero-order valence-corrected chi connectivity index (χ0v) is 5.60. The van der Waals surface area contributed by atoms with Crippen molar-refractivity contribution in [1.82, 2.24) is 0 Å². The summed E-state index contributed by atoms with van der Waals surface area (Å²) in [6.45, 7) is 0. The van der Waals surface area contributed by atoms with E-state index in [4.69, 9.17) is 0 Å². The Morgan fingerprint density at radius 2 is 2.20 bits per heavy atom. The number of carbonyl (C=O) groups is 2. The van der Waals surface area contributed by atoms with Gasteiger partial charge in [0.1, 0.15) is 0 Å². The zero-order valence-electron chi connectivity index (χ0n) is 5.60. The number of Topliss-reactive ketones (excluding diaryl/α,β-unsaturated/α-hetero) is 1. The highest BCUT2D eigenvalue weighted by molar-refractivity contribution is 6.01. The van der Waals surface area contributed by atoms with E-state index in [1.807, 2.05) is 0 Å². The maximum atomic E-state index is 13.0. The van der Waals surface area contributed by atoms with Crippen molar-refractivity contribution in [3.8, 4) is 0 Å². The van der Waals surface area contributed by atoms with Crippen molar-refractivity contribution in [1.29, 1.82) is 0 Å². The van der Waals surface area contributed by atoms with Gasteiger partial charge in [0, 0.05) is 6.42 Å². The average molecular weight is 144 g/mol. The van der Waals surface area contributed by atoms with Crippen molar-refractivity contribution in [2.75, 3.05) is 0 Å². The van der Waals surface area contributed by atoms with Crippen LogP contribution in [-0.4, -0.2) is 17.7 Å². The standard InChI is InChI=1S/C7H9FO2/c8-7(5-9)4-2-1-3-6(7)10/h5H,1-4H2. The summed E-state index contributed by atoms with van der Waals surface area (Å²) in [6, 6.07) is 0. The highest BCUT2D eigenvalue weighted by atomic mass is 19.1. The summed E-state index contributed by atoms with van der Waals surface area (Å²) >= 11 is 0. The van der Waals surface area contributed by atoms with Gasteiger partial charge in [-0.25, -0.2) is 4.39 Å². The number of hydrogen-bond donors (Lipinski definition) is 0. The molecule has 3 heteroatoms. The van der Waals surface area contributed by atoms with Gasteiger partial charge >= 0.3 is 0 Å². The van der Waals surface area contributed by atoms with Crippen molar-refractivity contribution in [2.24, 2.45) is 0 Å². The fourth-order valence-electron chi connectivity index (χ4n) is 1.14. The maximum absolute atomic E-state index is 13.0. The molecule has 1 atom stereocenters. The van der Waals surface area contributed by atoms with E-state index in [1.54, 1.807) is 0 Å². The predicted octanol–water partition coefficient (Wildman–Crippen LogP) is 1.04. The van der Waals surface area contributed by atoms with E-state index in [0.717, 1.165) is 6.42 Å². The van der Waals surface area contributed by atoms with Gasteiger partial charge in [0.2, 0.25) is 5.67 Å². The van der Waals surface area contributed by atoms with Crippen molar-refractivity contribution in [2.45, 2.75) is 31.4 Å². The Balaban J connectivity index is 2.72. The number of rotatable bonds is 1. The lowest BCUT2D eigenvalue weighted by atomic mass is 9.86. The van der Waals surface area contributed by atoms with Crippen LogP contribution in [0.5, 0.6) is 0 Å². The molecule has 0 aromatic rings. The summed E-state index contributed by atoms with van der Waals surface area (Å²) in [5.74, 6) is -0.547. The lowest BCUT2D eigenvalue weighted by molar-refractivity contribution is -0.139. The van der Waals surface area contributed by atoms with Crippen LogP contribution in [0, 0.1) is 0 Å². The van der Waals surface area contributed by atoms with E-state index >= 15 is 0 Å². The summed E-state index contributed by atoms with van der Waals surface area (Å²) in [5.41, 5.74) is -2.14. The normalized spacial score (nSPS) is 33.9. The van der Waals surface area contributed by atoms with Crippen LogP contribution in [0.15, 0.2) is 0 Å². The molecular formula is C7H9FO2. The number of halogens is 1. The fourth-order valence-corrected chi connectivity index (χ4v) is 1.14. The first-order chi connectivity index (χ1) is 4.69. The first-order valence-electron chi connectivity index (χ1n) is 3.37. The quantitative estimate of drug-likeness (QED) is 0.407. The largest absolute Gasteiger partial charge is 0.299 e. The van der Waals surface area contributed by atoms with E-state index in [1.165, 1.54) is 0 Å². The third kappa shape index (κ3) is 1.08. The number of alkyl halides is 1. The van der Waals surface area contributed by atoms with Gasteiger partial charge in [-0.3, -0.25) is 9.59 Å². The van der Waals surface area contributed by atoms with Gasteiger partial charge in [0.15, 0.2) is 12.1 Å². The predicted molar refractivity (Wildman–Crippen MR) is 33.4 cm³/mol. The molecule has 0 heterocycles. The molecular weight excluding hydrogens is 135 g/mol. The molecule has 56 valence electrons. The Kier molecular flexibility index (Phi) is 1.83. The SMILES string of the molecule is O=CC1(F)CCCCC1=O. The van der Waals surface area contributed by atoms with Crippen LogP contribution in [0.25, 0.3) is 0 Å². The van der Waals surface area contributed by atoms with Crippen LogP contribution in [0.3, 0.4) is 0 Å². The van der Waals surface area contributed by atoms with Crippen LogP contribution in [0.2, 0.25) is 0 Å². The highest BCUT2D eigenvalue weighted by Crippen LogP contribution is 2.26. The van der Waals surface area contributed by atoms with Crippen molar-refractivity contribution < 1.29 is 14.0 Å². The smallest absolute Gasteiger partial charge is 0.223 e. The first-order valence-corrected chi connectivity index (χ1v) is 3.37. The van der Waals surface area contributed by atoms with E-state index in [9.17, 15) is 14.0 Å². The molecule has 0 N–H and O–H groups in total. The molecule has 1 saturated carbocycles. The van der Waals surface area contributed by atoms with Crippen molar-refractivity contribution in [3.05, 3.63) is 0 Å². The van der Waals surface area contributed by atoms with Crippen molar-refractivity contribution >= 4 is 12.1 Å². The molecule has 1 fully saturated rings. The lowest BCUT2D eigenvalue weighted by Gasteiger charge is -2.21. The molecule has 1 aliphatic rings. The van der Waals surface area contributed by atoms with Gasteiger partial charge in [0.05, 0.1) is 0 Å². The third-order valence-corrected chi connectivity index (χ3v) is 1.84. The van der Waals surface area contributed by atoms with Crippen molar-refractivity contribution in [3.63, 3.8) is 0 Å². The molecule has 1 aliphatic carbocycles. The minimum absolute atomic E-state index is 0.0787. The minimum Gasteiger partial charge on any atom is -0.299 e. The van der Waals surface area contributed by atoms with E-state index < -0.39 is 11.5 Å². The minimum atomic E-state index is -2.14. The number of hydrogen-bond acceptors (Lipinski definition) is 2. The molecule has 2 nitrogen and oxygen atoms in total. The highest BCUT2D eigenvalue weighted by Gasteiger charge is 2.39. The van der Waals surface area contributed by atoms with E-state index in [0.29, 0.717) is 6.42 Å². The molecule has 0 aromatic carbocycles. The Bertz CT molecular complexity index is 167. The monoisotopic (exact) mass is 144 g/mol. The van der Waals surface area contributed by atoms with E-state index in [-0.39, 0.29) is 19.1 Å². The molecule has 0 radical (unpaired) electrons. The summed E-state index contributed by atoms with van der Waals surface area (Å²) < 4.78 is 13.0. The molecule has 0 aromatic heterocycles. The Labute approximate surface area is 58.4 Å². The molecule has 0 aliphatic heterocycles. The van der Waals surface area contributed by atoms with Gasteiger partial charge in [-0.2, -0.15) is 0 Å². The van der Waals surface area contributed by atoms with E-state index in [2.05, 4.69) is 0 Å². The van der Waals surface area contributed by atoms with Crippen LogP contribution >= 0.6 is 0 Å². The fraction of sp³-hybridized carbons (Fsp3) is 0.714. The summed E-state index contributed by atoms with van der Waals surface area (Å²) in [6.07, 6.45) is 1.79. The molecule has 0 spiro atoms. The topological polar surface area (TPSA) is 34.1 Å².